The lowest BCUT2D eigenvalue weighted by Crippen LogP contribution is -2.47. The lowest BCUT2D eigenvalue weighted by atomic mass is 9.98. The van der Waals surface area contributed by atoms with Gasteiger partial charge in [0.25, 0.3) is 0 Å². The minimum absolute atomic E-state index is 0.453. The Kier molecular flexibility index (Phi) is 3.57. The fourth-order valence-corrected chi connectivity index (χ4v) is 2.56. The van der Waals surface area contributed by atoms with Gasteiger partial charge in [-0.3, -0.25) is 14.5 Å². The van der Waals surface area contributed by atoms with E-state index in [1.807, 2.05) is 11.0 Å². The standard InChI is InChI=1S/C14H18N2O3/c1-14(13(18)19)6-3-7-16(14)9-10-4-2-5-11(8-10)12(15)17/h2,4-5,8H,3,6-7,9H2,1H3,(H2,15,17)(H,18,19). The van der Waals surface area contributed by atoms with E-state index in [9.17, 15) is 14.7 Å². The molecule has 1 aromatic carbocycles. The van der Waals surface area contributed by atoms with Crippen LogP contribution < -0.4 is 5.73 Å². The summed E-state index contributed by atoms with van der Waals surface area (Å²) in [6.07, 6.45) is 1.52. The topological polar surface area (TPSA) is 83.6 Å². The Balaban J connectivity index is 2.19. The van der Waals surface area contributed by atoms with Crippen LogP contribution in [0.2, 0.25) is 0 Å². The number of carboxylic acids is 1. The average molecular weight is 262 g/mol. The largest absolute Gasteiger partial charge is 0.480 e. The van der Waals surface area contributed by atoms with Crippen LogP contribution in [-0.2, 0) is 11.3 Å². The summed E-state index contributed by atoms with van der Waals surface area (Å²) < 4.78 is 0. The summed E-state index contributed by atoms with van der Waals surface area (Å²) in [5.41, 5.74) is 5.79. The van der Waals surface area contributed by atoms with Crippen molar-refractivity contribution in [3.05, 3.63) is 35.4 Å². The van der Waals surface area contributed by atoms with Crippen LogP contribution in [0.4, 0.5) is 0 Å². The first-order valence-electron chi connectivity index (χ1n) is 6.31. The van der Waals surface area contributed by atoms with Crippen LogP contribution in [0.25, 0.3) is 0 Å². The van der Waals surface area contributed by atoms with E-state index in [1.165, 1.54) is 0 Å². The van der Waals surface area contributed by atoms with E-state index in [0.717, 1.165) is 18.5 Å². The van der Waals surface area contributed by atoms with Gasteiger partial charge in [-0.2, -0.15) is 0 Å². The van der Waals surface area contributed by atoms with Crippen molar-refractivity contribution in [2.24, 2.45) is 5.73 Å². The number of nitrogens with two attached hydrogens (primary N) is 1. The van der Waals surface area contributed by atoms with Crippen molar-refractivity contribution in [2.75, 3.05) is 6.54 Å². The molecule has 1 atom stereocenters. The number of likely N-dealkylation sites (tertiary alicyclic amines) is 1. The molecule has 0 saturated carbocycles. The molecule has 19 heavy (non-hydrogen) atoms. The summed E-state index contributed by atoms with van der Waals surface area (Å²) >= 11 is 0. The van der Waals surface area contributed by atoms with Gasteiger partial charge in [-0.25, -0.2) is 0 Å². The molecular formula is C14H18N2O3. The second-order valence-corrected chi connectivity index (χ2v) is 5.17. The molecule has 0 aromatic heterocycles. The normalized spacial score (nSPS) is 23.4. The van der Waals surface area contributed by atoms with Crippen LogP contribution in [0.5, 0.6) is 0 Å². The van der Waals surface area contributed by atoms with Crippen LogP contribution in [0.3, 0.4) is 0 Å². The molecule has 1 aromatic rings. The van der Waals surface area contributed by atoms with Crippen molar-refractivity contribution in [2.45, 2.75) is 31.8 Å². The minimum atomic E-state index is -0.817. The maximum atomic E-state index is 11.4. The van der Waals surface area contributed by atoms with Crippen LogP contribution >= 0.6 is 0 Å². The fourth-order valence-electron chi connectivity index (χ4n) is 2.56. The Morgan fingerprint density at radius 2 is 2.21 bits per heavy atom. The first kappa shape index (κ1) is 13.5. The molecule has 1 amide bonds. The van der Waals surface area contributed by atoms with Crippen molar-refractivity contribution in [3.8, 4) is 0 Å². The number of hydrogen-bond acceptors (Lipinski definition) is 3. The van der Waals surface area contributed by atoms with Crippen molar-refractivity contribution in [3.63, 3.8) is 0 Å². The molecule has 1 aliphatic rings. The predicted octanol–water partition coefficient (Wildman–Crippen LogP) is 1.22. The lowest BCUT2D eigenvalue weighted by molar-refractivity contribution is -0.148. The highest BCUT2D eigenvalue weighted by Crippen LogP contribution is 2.30. The first-order chi connectivity index (χ1) is 8.93. The fraction of sp³-hybridized carbons (Fsp3) is 0.429. The van der Waals surface area contributed by atoms with E-state index in [1.54, 1.807) is 25.1 Å². The van der Waals surface area contributed by atoms with Gasteiger partial charge in [0.1, 0.15) is 5.54 Å². The molecule has 1 heterocycles. The number of primary amides is 1. The Bertz CT molecular complexity index is 515. The highest BCUT2D eigenvalue weighted by atomic mass is 16.4. The Hall–Kier alpha value is -1.88. The van der Waals surface area contributed by atoms with Gasteiger partial charge in [-0.05, 0) is 44.0 Å². The molecule has 1 aliphatic heterocycles. The monoisotopic (exact) mass is 262 g/mol. The maximum absolute atomic E-state index is 11.4. The van der Waals surface area contributed by atoms with Gasteiger partial charge in [0, 0.05) is 12.1 Å². The zero-order valence-electron chi connectivity index (χ0n) is 10.9. The maximum Gasteiger partial charge on any atom is 0.323 e. The van der Waals surface area contributed by atoms with Crippen LogP contribution in [-0.4, -0.2) is 34.0 Å². The number of nitrogens with zero attached hydrogens (tertiary/aromatic N) is 1. The summed E-state index contributed by atoms with van der Waals surface area (Å²) in [5.74, 6) is -1.26. The van der Waals surface area contributed by atoms with E-state index in [4.69, 9.17) is 5.73 Å². The highest BCUT2D eigenvalue weighted by Gasteiger charge is 2.43. The first-order valence-corrected chi connectivity index (χ1v) is 6.31. The Labute approximate surface area is 112 Å². The summed E-state index contributed by atoms with van der Waals surface area (Å²) in [6.45, 7) is 3.02. The number of rotatable bonds is 4. The Morgan fingerprint density at radius 3 is 2.84 bits per heavy atom. The summed E-state index contributed by atoms with van der Waals surface area (Å²) in [4.78, 5) is 24.5. The van der Waals surface area contributed by atoms with Crippen molar-refractivity contribution >= 4 is 11.9 Å². The number of carboxylic acid groups (broad SMARTS) is 1. The summed E-state index contributed by atoms with van der Waals surface area (Å²) in [6, 6.07) is 7.03. The van der Waals surface area contributed by atoms with Crippen LogP contribution in [0.15, 0.2) is 24.3 Å². The van der Waals surface area contributed by atoms with E-state index >= 15 is 0 Å². The van der Waals surface area contributed by atoms with E-state index in [-0.39, 0.29) is 0 Å². The van der Waals surface area contributed by atoms with Gasteiger partial charge in [-0.1, -0.05) is 12.1 Å². The van der Waals surface area contributed by atoms with Gasteiger partial charge in [0.05, 0.1) is 0 Å². The second kappa shape index (κ2) is 5.01. The molecule has 0 radical (unpaired) electrons. The van der Waals surface area contributed by atoms with Gasteiger partial charge in [-0.15, -0.1) is 0 Å². The molecule has 1 fully saturated rings. The highest BCUT2D eigenvalue weighted by molar-refractivity contribution is 5.92. The van der Waals surface area contributed by atoms with Gasteiger partial charge >= 0.3 is 5.97 Å². The van der Waals surface area contributed by atoms with Gasteiger partial charge < -0.3 is 10.8 Å². The van der Waals surface area contributed by atoms with Gasteiger partial charge in [0.15, 0.2) is 0 Å². The molecule has 5 nitrogen and oxygen atoms in total. The average Bonchev–Trinajstić information content (AvgIpc) is 2.73. The molecule has 3 N–H and O–H groups in total. The lowest BCUT2D eigenvalue weighted by Gasteiger charge is -2.31. The van der Waals surface area contributed by atoms with Crippen molar-refractivity contribution in [1.29, 1.82) is 0 Å². The Morgan fingerprint density at radius 1 is 1.47 bits per heavy atom. The summed E-state index contributed by atoms with van der Waals surface area (Å²) in [5, 5.41) is 9.35. The van der Waals surface area contributed by atoms with E-state index in [0.29, 0.717) is 18.5 Å². The zero-order valence-corrected chi connectivity index (χ0v) is 10.9. The number of aliphatic carboxylic acids is 1. The molecule has 0 bridgehead atoms. The number of carbonyl (C=O) groups excluding carboxylic acids is 1. The van der Waals surface area contributed by atoms with Crippen molar-refractivity contribution in [1.82, 2.24) is 4.90 Å². The number of hydrogen-bond donors (Lipinski definition) is 2. The smallest absolute Gasteiger partial charge is 0.323 e. The van der Waals surface area contributed by atoms with Gasteiger partial charge in [0.2, 0.25) is 5.91 Å². The summed E-state index contributed by atoms with van der Waals surface area (Å²) in [7, 11) is 0. The third kappa shape index (κ3) is 2.61. The molecule has 102 valence electrons. The quantitative estimate of drug-likeness (QED) is 0.854. The molecule has 0 aliphatic carbocycles. The third-order valence-electron chi connectivity index (χ3n) is 3.84. The molecule has 2 rings (SSSR count). The predicted molar refractivity (Wildman–Crippen MR) is 70.6 cm³/mol. The number of carbonyl (C=O) groups is 2. The van der Waals surface area contributed by atoms with E-state index in [2.05, 4.69) is 0 Å². The van der Waals surface area contributed by atoms with E-state index < -0.39 is 17.4 Å². The third-order valence-corrected chi connectivity index (χ3v) is 3.84. The van der Waals surface area contributed by atoms with Crippen LogP contribution in [0.1, 0.15) is 35.7 Å². The van der Waals surface area contributed by atoms with Crippen molar-refractivity contribution < 1.29 is 14.7 Å². The minimum Gasteiger partial charge on any atom is -0.480 e. The molecule has 1 unspecified atom stereocenters. The van der Waals surface area contributed by atoms with Crippen LogP contribution in [0, 0.1) is 0 Å². The second-order valence-electron chi connectivity index (χ2n) is 5.17. The number of amides is 1. The molecule has 5 heteroatoms. The molecule has 1 saturated heterocycles. The zero-order chi connectivity index (χ0) is 14.0. The molecular weight excluding hydrogens is 244 g/mol. The molecule has 0 spiro atoms. The SMILES string of the molecule is CC1(C(=O)O)CCCN1Cc1cccc(C(N)=O)c1. The number of benzene rings is 1.